The molecule has 14 heteroatoms. The van der Waals surface area contributed by atoms with Crippen molar-refractivity contribution in [2.75, 3.05) is 26.9 Å². The highest BCUT2D eigenvalue weighted by molar-refractivity contribution is 7.00. The Hall–Kier alpha value is -5.37. The Labute approximate surface area is 306 Å². The molecule has 1 aliphatic heterocycles. The molecule has 1 unspecified atom stereocenters. The Kier molecular flexibility index (Phi) is 12.2. The lowest BCUT2D eigenvalue weighted by Crippen LogP contribution is -2.41. The van der Waals surface area contributed by atoms with Crippen molar-refractivity contribution in [3.63, 3.8) is 0 Å². The third kappa shape index (κ3) is 8.56. The van der Waals surface area contributed by atoms with Crippen LogP contribution in [-0.4, -0.2) is 65.9 Å². The summed E-state index contributed by atoms with van der Waals surface area (Å²) in [6.45, 7) is 11.4. The average Bonchev–Trinajstić information content (AvgIpc) is 3.68. The molecule has 1 aliphatic rings. The normalized spacial score (nSPS) is 15.5. The molecule has 3 aromatic carbocycles. The van der Waals surface area contributed by atoms with Gasteiger partial charge in [-0.1, -0.05) is 13.0 Å². The number of carbonyl (C=O) groups is 3. The van der Waals surface area contributed by atoms with E-state index in [-0.39, 0.29) is 30.8 Å². The molecule has 276 valence electrons. The van der Waals surface area contributed by atoms with Gasteiger partial charge in [-0.3, -0.25) is 4.79 Å². The van der Waals surface area contributed by atoms with E-state index in [1.54, 1.807) is 61.5 Å². The van der Waals surface area contributed by atoms with Crippen molar-refractivity contribution in [2.45, 2.75) is 72.4 Å². The van der Waals surface area contributed by atoms with E-state index < -0.39 is 30.4 Å². The lowest BCUT2D eigenvalue weighted by Gasteiger charge is -2.31. The van der Waals surface area contributed by atoms with Gasteiger partial charge in [0.05, 0.1) is 49.8 Å². The number of amides is 1. The highest BCUT2D eigenvalue weighted by Gasteiger charge is 2.53. The van der Waals surface area contributed by atoms with Gasteiger partial charge in [0.1, 0.15) is 23.3 Å². The zero-order valence-corrected chi connectivity index (χ0v) is 31.1. The van der Waals surface area contributed by atoms with Gasteiger partial charge in [-0.25, -0.2) is 9.59 Å². The van der Waals surface area contributed by atoms with Gasteiger partial charge in [0.15, 0.2) is 11.5 Å². The van der Waals surface area contributed by atoms with E-state index in [0.717, 1.165) is 18.1 Å². The summed E-state index contributed by atoms with van der Waals surface area (Å²) in [5.74, 6) is -1.67. The van der Waals surface area contributed by atoms with Crippen LogP contribution in [0.4, 0.5) is 4.79 Å². The van der Waals surface area contributed by atoms with Crippen molar-refractivity contribution in [2.24, 2.45) is 0 Å². The number of cyclic esters (lactones) is 1. The molecule has 1 aromatic heterocycles. The van der Waals surface area contributed by atoms with E-state index in [9.17, 15) is 14.4 Å². The lowest BCUT2D eigenvalue weighted by atomic mass is 9.87. The number of nitrogens with one attached hydrogen (secondary N) is 1. The van der Waals surface area contributed by atoms with E-state index >= 15 is 0 Å². The quantitative estimate of drug-likeness (QED) is 0.121. The highest BCUT2D eigenvalue weighted by atomic mass is 32.1. The molecule has 1 N–H and O–H groups in total. The number of benzene rings is 3. The molecule has 0 spiro atoms. The summed E-state index contributed by atoms with van der Waals surface area (Å²) in [7, 11) is 1.53. The predicted molar refractivity (Wildman–Crippen MR) is 194 cm³/mol. The zero-order chi connectivity index (χ0) is 37.4. The van der Waals surface area contributed by atoms with Crippen molar-refractivity contribution in [3.8, 4) is 23.0 Å². The summed E-state index contributed by atoms with van der Waals surface area (Å²) >= 11 is 1.05. The lowest BCUT2D eigenvalue weighted by molar-refractivity contribution is -0.185. The first-order valence-corrected chi connectivity index (χ1v) is 17.8. The van der Waals surface area contributed by atoms with Gasteiger partial charge in [-0.2, -0.15) is 8.75 Å². The molecule has 4 aromatic rings. The topological polar surface area (TPSA) is 154 Å². The molecule has 0 saturated carbocycles. The number of esters is 2. The number of hydrogen-bond acceptors (Lipinski definition) is 13. The van der Waals surface area contributed by atoms with Crippen LogP contribution in [0, 0.1) is 0 Å². The number of carbonyl (C=O) groups excluding carboxylic acids is 3. The van der Waals surface area contributed by atoms with Crippen LogP contribution in [0.2, 0.25) is 0 Å². The molecule has 52 heavy (non-hydrogen) atoms. The second-order valence-corrected chi connectivity index (χ2v) is 12.9. The van der Waals surface area contributed by atoms with Crippen LogP contribution in [0.3, 0.4) is 0 Å². The van der Waals surface area contributed by atoms with Gasteiger partial charge in [-0.05, 0) is 101 Å². The molecule has 2 heterocycles. The molecule has 0 saturated heterocycles. The number of methoxy groups -OCH3 is 1. The molecule has 13 nitrogen and oxygen atoms in total. The van der Waals surface area contributed by atoms with E-state index in [1.807, 2.05) is 34.6 Å². The Balaban J connectivity index is 1.72. The highest BCUT2D eigenvalue weighted by Crippen LogP contribution is 2.49. The molecule has 0 aliphatic carbocycles. The summed E-state index contributed by atoms with van der Waals surface area (Å²) in [5.41, 5.74) is 3.12. The smallest absolute Gasteiger partial charge is 0.411 e. The van der Waals surface area contributed by atoms with E-state index in [1.165, 1.54) is 7.11 Å². The maximum atomic E-state index is 14.2. The van der Waals surface area contributed by atoms with Gasteiger partial charge in [-0.15, -0.1) is 0 Å². The van der Waals surface area contributed by atoms with Crippen molar-refractivity contribution in [1.82, 2.24) is 14.1 Å². The minimum atomic E-state index is -2.09. The number of rotatable bonds is 16. The molecule has 0 bridgehead atoms. The van der Waals surface area contributed by atoms with Crippen LogP contribution >= 0.6 is 11.7 Å². The van der Waals surface area contributed by atoms with Crippen LogP contribution < -0.4 is 24.3 Å². The Morgan fingerprint density at radius 1 is 0.923 bits per heavy atom. The first-order valence-electron chi connectivity index (χ1n) is 17.1. The second-order valence-electron chi connectivity index (χ2n) is 12.4. The Bertz CT molecular complexity index is 1940. The number of aromatic nitrogens is 2. The van der Waals surface area contributed by atoms with Crippen molar-refractivity contribution < 1.29 is 47.5 Å². The van der Waals surface area contributed by atoms with Crippen LogP contribution in [0.15, 0.2) is 60.2 Å². The van der Waals surface area contributed by atoms with Crippen LogP contribution in [-0.2, 0) is 36.0 Å². The van der Waals surface area contributed by atoms with Crippen molar-refractivity contribution in [3.05, 3.63) is 76.9 Å². The summed E-state index contributed by atoms with van der Waals surface area (Å²) in [6, 6.07) is 15.6. The fourth-order valence-corrected chi connectivity index (χ4v) is 6.15. The Morgan fingerprint density at radius 3 is 2.31 bits per heavy atom. The van der Waals surface area contributed by atoms with Gasteiger partial charge in [0, 0.05) is 17.6 Å². The fraction of sp³-hybridized carbons (Fsp3) is 0.395. The first kappa shape index (κ1) is 37.9. The number of nitrogens with zero attached hydrogens (tertiary/aromatic N) is 2. The minimum absolute atomic E-state index is 0.0143. The maximum Gasteiger partial charge on any atom is 0.411 e. The van der Waals surface area contributed by atoms with Crippen molar-refractivity contribution in [1.29, 1.82) is 0 Å². The Morgan fingerprint density at radius 2 is 1.63 bits per heavy atom. The monoisotopic (exact) mass is 733 g/mol. The molecular weight excluding hydrogens is 690 g/mol. The SMILES string of the molecule is CCCOc1ccc(C2(OC(=O)NCC(=O)OCC)OC(=O)C(c3ccc4nsnc4c3)=C2Cc2cc(OC)c(OC(C)C)c(OC(C)C)c2)cc1. The van der Waals surface area contributed by atoms with Gasteiger partial charge >= 0.3 is 23.8 Å². The van der Waals surface area contributed by atoms with Gasteiger partial charge in [0.2, 0.25) is 5.75 Å². The standard InChI is InChI=1S/C38H43N3O10S/c1-8-16-47-27-13-11-26(12-14-27)38(51-37(44)39-21-33(42)46-9-2)28(34(36(43)50-38)25-10-15-29-30(20-25)41-52-40-29)17-24-18-31(45-7)35(49-23(5)6)32(19-24)48-22(3)4/h10-15,18-20,22-23H,8-9,16-17,21H2,1-7H3,(H,39,44). The van der Waals surface area contributed by atoms with Crippen LogP contribution in [0.1, 0.15) is 64.7 Å². The zero-order valence-electron chi connectivity index (χ0n) is 30.3. The maximum absolute atomic E-state index is 14.2. The third-order valence-electron chi connectivity index (χ3n) is 7.71. The average molecular weight is 734 g/mol. The number of hydrogen-bond donors (Lipinski definition) is 1. The van der Waals surface area contributed by atoms with E-state index in [0.29, 0.717) is 62.9 Å². The number of fused-ring (bicyclic) bond motifs is 1. The third-order valence-corrected chi connectivity index (χ3v) is 8.26. The van der Waals surface area contributed by atoms with Gasteiger partial charge in [0.25, 0.3) is 0 Å². The summed E-state index contributed by atoms with van der Waals surface area (Å²) < 4.78 is 49.9. The van der Waals surface area contributed by atoms with E-state index in [2.05, 4.69) is 14.1 Å². The largest absolute Gasteiger partial charge is 0.494 e. The molecule has 0 fully saturated rings. The molecule has 5 rings (SSSR count). The van der Waals surface area contributed by atoms with Crippen LogP contribution in [0.25, 0.3) is 16.6 Å². The number of alkyl carbamates (subject to hydrolysis) is 1. The van der Waals surface area contributed by atoms with Gasteiger partial charge < -0.3 is 38.5 Å². The number of ether oxygens (including phenoxy) is 7. The molecule has 1 amide bonds. The summed E-state index contributed by atoms with van der Waals surface area (Å²) in [6.07, 6.45) is -0.599. The predicted octanol–water partition coefficient (Wildman–Crippen LogP) is 6.76. The van der Waals surface area contributed by atoms with Crippen molar-refractivity contribution >= 4 is 46.4 Å². The molecular formula is C38H43N3O10S. The summed E-state index contributed by atoms with van der Waals surface area (Å²) in [5, 5.41) is 2.43. The van der Waals surface area contributed by atoms with E-state index in [4.69, 9.17) is 33.2 Å². The summed E-state index contributed by atoms with van der Waals surface area (Å²) in [4.78, 5) is 39.9. The molecule has 1 atom stereocenters. The second kappa shape index (κ2) is 16.8. The van der Waals surface area contributed by atoms with Crippen LogP contribution in [0.5, 0.6) is 23.0 Å². The fourth-order valence-electron chi connectivity index (χ4n) is 5.64. The first-order chi connectivity index (χ1) is 25.0. The minimum Gasteiger partial charge on any atom is -0.494 e. The molecule has 0 radical (unpaired) electrons.